The Bertz CT molecular complexity index is 1040. The van der Waals surface area contributed by atoms with Gasteiger partial charge in [-0.1, -0.05) is 48.5 Å². The quantitative estimate of drug-likeness (QED) is 0.741. The molecule has 1 N–H and O–H groups in total. The van der Waals surface area contributed by atoms with Crippen LogP contribution in [0.1, 0.15) is 15.9 Å². The number of hydrogen-bond donors (Lipinski definition) is 1. The maximum absolute atomic E-state index is 12.5. The number of amides is 1. The molecular formula is C18H14NO4S-. The van der Waals surface area contributed by atoms with Crippen molar-refractivity contribution in [3.63, 3.8) is 0 Å². The van der Waals surface area contributed by atoms with E-state index >= 15 is 0 Å². The van der Waals surface area contributed by atoms with Crippen molar-refractivity contribution in [2.24, 2.45) is 0 Å². The van der Waals surface area contributed by atoms with E-state index in [-0.39, 0.29) is 5.69 Å². The number of benzene rings is 3. The van der Waals surface area contributed by atoms with E-state index in [0.717, 1.165) is 10.9 Å². The van der Waals surface area contributed by atoms with Gasteiger partial charge in [-0.2, -0.15) is 0 Å². The fourth-order valence-electron chi connectivity index (χ4n) is 2.60. The monoisotopic (exact) mass is 340 g/mol. The van der Waals surface area contributed by atoms with Crippen molar-refractivity contribution >= 4 is 32.5 Å². The highest BCUT2D eigenvalue weighted by Crippen LogP contribution is 2.31. The molecule has 1 amide bonds. The third kappa shape index (κ3) is 3.02. The van der Waals surface area contributed by atoms with Gasteiger partial charge in [-0.25, -0.2) is 8.42 Å². The molecule has 3 aromatic rings. The van der Waals surface area contributed by atoms with Gasteiger partial charge in [0.15, 0.2) is 0 Å². The molecule has 0 bridgehead atoms. The zero-order chi connectivity index (χ0) is 17.3. The molecule has 122 valence electrons. The summed E-state index contributed by atoms with van der Waals surface area (Å²) in [6.07, 6.45) is 0. The average Bonchev–Trinajstić information content (AvgIpc) is 2.54. The van der Waals surface area contributed by atoms with Gasteiger partial charge in [-0.05, 0) is 30.0 Å². The molecule has 5 nitrogen and oxygen atoms in total. The molecule has 0 fully saturated rings. The van der Waals surface area contributed by atoms with Crippen molar-refractivity contribution in [1.82, 2.24) is 0 Å². The first-order valence-corrected chi connectivity index (χ1v) is 8.63. The minimum atomic E-state index is -4.73. The Morgan fingerprint density at radius 3 is 2.33 bits per heavy atom. The van der Waals surface area contributed by atoms with Crippen molar-refractivity contribution in [2.75, 3.05) is 5.32 Å². The molecule has 0 aliphatic rings. The lowest BCUT2D eigenvalue weighted by molar-refractivity contribution is 0.102. The van der Waals surface area contributed by atoms with Gasteiger partial charge in [-0.3, -0.25) is 4.79 Å². The van der Waals surface area contributed by atoms with Crippen LogP contribution in [0.4, 0.5) is 5.69 Å². The number of carbonyl (C=O) groups excluding carboxylic acids is 1. The minimum absolute atomic E-state index is 0.0105. The first-order valence-electron chi connectivity index (χ1n) is 7.22. The standard InChI is InChI=1S/C18H15NO4S/c1-12-6-2-4-8-14(12)18(20)19-17-15-9-5-3-7-13(15)10-11-16(17)24(21,22)23/h2-11H,1H3,(H,19,20)(H,21,22,23)/p-1. The van der Waals surface area contributed by atoms with Gasteiger partial charge in [0, 0.05) is 10.9 Å². The van der Waals surface area contributed by atoms with Crippen LogP contribution >= 0.6 is 0 Å². The van der Waals surface area contributed by atoms with Crippen LogP contribution in [-0.2, 0) is 10.1 Å². The number of nitrogens with one attached hydrogen (secondary N) is 1. The van der Waals surface area contributed by atoms with Crippen molar-refractivity contribution in [2.45, 2.75) is 11.8 Å². The highest BCUT2D eigenvalue weighted by atomic mass is 32.2. The SMILES string of the molecule is Cc1ccccc1C(=O)Nc1c(S(=O)(=O)[O-])ccc2ccccc12. The molecule has 6 heteroatoms. The van der Waals surface area contributed by atoms with Gasteiger partial charge in [0.05, 0.1) is 10.6 Å². The van der Waals surface area contributed by atoms with E-state index in [4.69, 9.17) is 0 Å². The van der Waals surface area contributed by atoms with Gasteiger partial charge in [0.25, 0.3) is 5.91 Å². The van der Waals surface area contributed by atoms with Crippen molar-refractivity contribution < 1.29 is 17.8 Å². The Balaban J connectivity index is 2.17. The van der Waals surface area contributed by atoms with Crippen LogP contribution in [-0.4, -0.2) is 18.9 Å². The Labute approximate surface area is 139 Å². The Kier molecular flexibility index (Phi) is 4.09. The fourth-order valence-corrected chi connectivity index (χ4v) is 3.24. The Morgan fingerprint density at radius 1 is 0.958 bits per heavy atom. The summed E-state index contributed by atoms with van der Waals surface area (Å²) in [5.41, 5.74) is 1.18. The van der Waals surface area contributed by atoms with E-state index in [1.165, 1.54) is 6.07 Å². The largest absolute Gasteiger partial charge is 0.744 e. The molecular weight excluding hydrogens is 326 g/mol. The van der Waals surface area contributed by atoms with Crippen molar-refractivity contribution in [3.8, 4) is 0 Å². The topological polar surface area (TPSA) is 86.3 Å². The highest BCUT2D eigenvalue weighted by Gasteiger charge is 2.17. The van der Waals surface area contributed by atoms with Crippen molar-refractivity contribution in [1.29, 1.82) is 0 Å². The molecule has 24 heavy (non-hydrogen) atoms. The van der Waals surface area contributed by atoms with Crippen LogP contribution in [0.2, 0.25) is 0 Å². The van der Waals surface area contributed by atoms with E-state index < -0.39 is 20.9 Å². The first kappa shape index (κ1) is 16.2. The van der Waals surface area contributed by atoms with Crippen molar-refractivity contribution in [3.05, 3.63) is 71.8 Å². The second-order valence-corrected chi connectivity index (χ2v) is 6.73. The summed E-state index contributed by atoms with van der Waals surface area (Å²) in [4.78, 5) is 12.1. The molecule has 0 radical (unpaired) electrons. The summed E-state index contributed by atoms with van der Waals surface area (Å²) in [6, 6.07) is 16.7. The fraction of sp³-hybridized carbons (Fsp3) is 0.0556. The summed E-state index contributed by atoms with van der Waals surface area (Å²) < 4.78 is 34.7. The molecule has 3 aromatic carbocycles. The minimum Gasteiger partial charge on any atom is -0.744 e. The van der Waals surface area contributed by atoms with E-state index in [2.05, 4.69) is 5.32 Å². The number of rotatable bonds is 3. The molecule has 0 unspecified atom stereocenters. The third-order valence-corrected chi connectivity index (χ3v) is 4.67. The zero-order valence-corrected chi connectivity index (χ0v) is 13.6. The summed E-state index contributed by atoms with van der Waals surface area (Å²) >= 11 is 0. The van der Waals surface area contributed by atoms with Gasteiger partial charge >= 0.3 is 0 Å². The predicted molar refractivity (Wildman–Crippen MR) is 91.0 cm³/mol. The number of anilines is 1. The average molecular weight is 340 g/mol. The molecule has 0 saturated heterocycles. The zero-order valence-electron chi connectivity index (χ0n) is 12.8. The smallest absolute Gasteiger partial charge is 0.255 e. The van der Waals surface area contributed by atoms with E-state index in [1.54, 1.807) is 61.5 Å². The summed E-state index contributed by atoms with van der Waals surface area (Å²) in [5.74, 6) is -0.464. The van der Waals surface area contributed by atoms with Crippen LogP contribution in [0.3, 0.4) is 0 Å². The van der Waals surface area contributed by atoms with Crippen LogP contribution in [0, 0.1) is 6.92 Å². The normalized spacial score (nSPS) is 11.4. The molecule has 3 rings (SSSR count). The molecule has 0 atom stereocenters. The highest BCUT2D eigenvalue weighted by molar-refractivity contribution is 7.86. The number of carbonyl (C=O) groups is 1. The van der Waals surface area contributed by atoms with Gasteiger partial charge in [0.1, 0.15) is 10.1 Å². The third-order valence-electron chi connectivity index (χ3n) is 3.79. The lowest BCUT2D eigenvalue weighted by Crippen LogP contribution is -2.16. The molecule has 0 aliphatic heterocycles. The van der Waals surface area contributed by atoms with Crippen LogP contribution < -0.4 is 5.32 Å². The summed E-state index contributed by atoms with van der Waals surface area (Å²) in [7, 11) is -4.73. The maximum Gasteiger partial charge on any atom is 0.255 e. The molecule has 0 heterocycles. The van der Waals surface area contributed by atoms with Crippen LogP contribution in [0.25, 0.3) is 10.8 Å². The Hall–Kier alpha value is -2.70. The van der Waals surface area contributed by atoms with Gasteiger partial charge < -0.3 is 9.87 Å². The molecule has 0 aliphatic carbocycles. The van der Waals surface area contributed by atoms with E-state index in [9.17, 15) is 17.8 Å². The number of hydrogen-bond acceptors (Lipinski definition) is 4. The number of fused-ring (bicyclic) bond motifs is 1. The lowest BCUT2D eigenvalue weighted by Gasteiger charge is -2.17. The van der Waals surface area contributed by atoms with E-state index in [0.29, 0.717) is 10.9 Å². The second kappa shape index (κ2) is 6.07. The maximum atomic E-state index is 12.5. The number of aryl methyl sites for hydroxylation is 1. The molecule has 0 saturated carbocycles. The predicted octanol–water partition coefficient (Wildman–Crippen LogP) is 3.30. The second-order valence-electron chi connectivity index (χ2n) is 5.38. The molecule has 0 aromatic heterocycles. The van der Waals surface area contributed by atoms with Gasteiger partial charge in [0.2, 0.25) is 0 Å². The lowest BCUT2D eigenvalue weighted by atomic mass is 10.1. The van der Waals surface area contributed by atoms with Crippen LogP contribution in [0.5, 0.6) is 0 Å². The Morgan fingerprint density at radius 2 is 1.62 bits per heavy atom. The summed E-state index contributed by atoms with van der Waals surface area (Å²) in [6.45, 7) is 1.78. The summed E-state index contributed by atoms with van der Waals surface area (Å²) in [5, 5.41) is 3.82. The van der Waals surface area contributed by atoms with Crippen LogP contribution in [0.15, 0.2) is 65.6 Å². The van der Waals surface area contributed by atoms with E-state index in [1.807, 2.05) is 0 Å². The van der Waals surface area contributed by atoms with Gasteiger partial charge in [-0.15, -0.1) is 0 Å². The first-order chi connectivity index (χ1) is 11.4. The molecule has 0 spiro atoms.